The van der Waals surface area contributed by atoms with Gasteiger partial charge in [-0.25, -0.2) is 8.42 Å². The fourth-order valence-electron chi connectivity index (χ4n) is 3.91. The second kappa shape index (κ2) is 8.98. The Hall–Kier alpha value is -1.70. The number of nitrogens with one attached hydrogen (secondary N) is 2. The lowest BCUT2D eigenvalue weighted by molar-refractivity contribution is 0.260. The Morgan fingerprint density at radius 1 is 1.14 bits per heavy atom. The highest BCUT2D eigenvalue weighted by Gasteiger charge is 2.32. The molecule has 0 amide bonds. The molecule has 1 aliphatic heterocycles. The SMILES string of the molecule is Cc1[nH]ncc1CCCN(C1CCNCC1)S(=O)(=O)c1ccc(C(C)(C)C)cc1. The molecule has 0 atom stereocenters. The van der Waals surface area contributed by atoms with E-state index in [-0.39, 0.29) is 11.5 Å². The van der Waals surface area contributed by atoms with E-state index in [2.05, 4.69) is 36.3 Å². The maximum atomic E-state index is 13.5. The number of piperidine rings is 1. The van der Waals surface area contributed by atoms with Crippen LogP contribution in [0.25, 0.3) is 0 Å². The van der Waals surface area contributed by atoms with Crippen LogP contribution in [0.1, 0.15) is 56.9 Å². The van der Waals surface area contributed by atoms with Gasteiger partial charge in [-0.2, -0.15) is 9.40 Å². The van der Waals surface area contributed by atoms with Crippen molar-refractivity contribution in [3.05, 3.63) is 47.3 Å². The van der Waals surface area contributed by atoms with E-state index in [4.69, 9.17) is 0 Å². The second-order valence-electron chi connectivity index (χ2n) is 9.00. The zero-order chi connectivity index (χ0) is 21.1. The summed E-state index contributed by atoms with van der Waals surface area (Å²) in [7, 11) is -3.53. The van der Waals surface area contributed by atoms with Gasteiger partial charge in [0.05, 0.1) is 11.1 Å². The van der Waals surface area contributed by atoms with Gasteiger partial charge in [-0.15, -0.1) is 0 Å². The van der Waals surface area contributed by atoms with Gasteiger partial charge in [0, 0.05) is 18.3 Å². The molecule has 1 aliphatic rings. The van der Waals surface area contributed by atoms with Gasteiger partial charge in [0.2, 0.25) is 10.0 Å². The lowest BCUT2D eigenvalue weighted by Crippen LogP contribution is -2.46. The number of benzene rings is 1. The van der Waals surface area contributed by atoms with Crippen LogP contribution in [-0.4, -0.2) is 48.6 Å². The van der Waals surface area contributed by atoms with Crippen molar-refractivity contribution >= 4 is 10.0 Å². The number of hydrogen-bond donors (Lipinski definition) is 2. The third kappa shape index (κ3) is 5.27. The highest BCUT2D eigenvalue weighted by Crippen LogP contribution is 2.27. The normalized spacial score (nSPS) is 16.4. The topological polar surface area (TPSA) is 78.1 Å². The minimum Gasteiger partial charge on any atom is -0.317 e. The quantitative estimate of drug-likeness (QED) is 0.722. The maximum Gasteiger partial charge on any atom is 0.243 e. The van der Waals surface area contributed by atoms with Gasteiger partial charge in [-0.05, 0) is 74.4 Å². The van der Waals surface area contributed by atoms with Crippen LogP contribution in [-0.2, 0) is 21.9 Å². The number of sulfonamides is 1. The number of aryl methyl sites for hydroxylation is 2. The fourth-order valence-corrected chi connectivity index (χ4v) is 5.63. The first-order valence-electron chi connectivity index (χ1n) is 10.5. The highest BCUT2D eigenvalue weighted by molar-refractivity contribution is 7.89. The van der Waals surface area contributed by atoms with Crippen molar-refractivity contribution in [1.82, 2.24) is 19.8 Å². The summed E-state index contributed by atoms with van der Waals surface area (Å²) in [6.07, 6.45) is 5.14. The van der Waals surface area contributed by atoms with Crippen LogP contribution in [0.4, 0.5) is 0 Å². The molecule has 1 saturated heterocycles. The third-order valence-corrected chi connectivity index (χ3v) is 7.77. The molecule has 7 heteroatoms. The zero-order valence-corrected chi connectivity index (χ0v) is 18.8. The molecule has 29 heavy (non-hydrogen) atoms. The average Bonchev–Trinajstić information content (AvgIpc) is 3.10. The molecule has 0 spiro atoms. The van der Waals surface area contributed by atoms with E-state index in [9.17, 15) is 8.42 Å². The fraction of sp³-hybridized carbons (Fsp3) is 0.591. The molecule has 2 aromatic rings. The molecule has 2 N–H and O–H groups in total. The van der Waals surface area contributed by atoms with Crippen LogP contribution >= 0.6 is 0 Å². The van der Waals surface area contributed by atoms with E-state index in [0.717, 1.165) is 55.6 Å². The molecule has 3 rings (SSSR count). The van der Waals surface area contributed by atoms with Crippen molar-refractivity contribution in [3.63, 3.8) is 0 Å². The number of hydrogen-bond acceptors (Lipinski definition) is 4. The lowest BCUT2D eigenvalue weighted by Gasteiger charge is -2.34. The summed E-state index contributed by atoms with van der Waals surface area (Å²) in [6.45, 7) is 10.7. The van der Waals surface area contributed by atoms with Crippen LogP contribution in [0, 0.1) is 6.92 Å². The first kappa shape index (κ1) is 22.0. The molecule has 1 aromatic carbocycles. The summed E-state index contributed by atoms with van der Waals surface area (Å²) in [5, 5.41) is 10.4. The smallest absolute Gasteiger partial charge is 0.243 e. The van der Waals surface area contributed by atoms with Crippen molar-refractivity contribution < 1.29 is 8.42 Å². The molecule has 160 valence electrons. The summed E-state index contributed by atoms with van der Waals surface area (Å²) in [4.78, 5) is 0.392. The Labute approximate surface area is 175 Å². The van der Waals surface area contributed by atoms with Crippen molar-refractivity contribution in [1.29, 1.82) is 0 Å². The molecule has 0 bridgehead atoms. The van der Waals surface area contributed by atoms with Crippen LogP contribution in [0.2, 0.25) is 0 Å². The van der Waals surface area contributed by atoms with Crippen molar-refractivity contribution in [2.45, 2.75) is 69.7 Å². The van der Waals surface area contributed by atoms with Crippen molar-refractivity contribution in [2.75, 3.05) is 19.6 Å². The molecule has 0 unspecified atom stereocenters. The summed E-state index contributed by atoms with van der Waals surface area (Å²) in [6, 6.07) is 7.48. The van der Waals surface area contributed by atoms with Gasteiger partial charge in [-0.1, -0.05) is 32.9 Å². The van der Waals surface area contributed by atoms with Gasteiger partial charge in [0.15, 0.2) is 0 Å². The number of rotatable bonds is 7. The molecule has 0 radical (unpaired) electrons. The molecule has 1 aromatic heterocycles. The van der Waals surface area contributed by atoms with Crippen LogP contribution in [0.5, 0.6) is 0 Å². The summed E-state index contributed by atoms with van der Waals surface area (Å²) in [5.74, 6) is 0. The van der Waals surface area contributed by atoms with Gasteiger partial charge >= 0.3 is 0 Å². The maximum absolute atomic E-state index is 13.5. The highest BCUT2D eigenvalue weighted by atomic mass is 32.2. The molecule has 2 heterocycles. The number of nitrogens with zero attached hydrogens (tertiary/aromatic N) is 2. The molecule has 0 saturated carbocycles. The Morgan fingerprint density at radius 2 is 1.79 bits per heavy atom. The van der Waals surface area contributed by atoms with E-state index in [0.29, 0.717) is 11.4 Å². The third-order valence-electron chi connectivity index (χ3n) is 5.80. The van der Waals surface area contributed by atoms with E-state index < -0.39 is 10.0 Å². The first-order chi connectivity index (χ1) is 13.7. The molecular formula is C22H34N4O2S. The Kier molecular flexibility index (Phi) is 6.81. The largest absolute Gasteiger partial charge is 0.317 e. The molecule has 1 fully saturated rings. The monoisotopic (exact) mass is 418 g/mol. The minimum atomic E-state index is -3.53. The number of aromatic amines is 1. The van der Waals surface area contributed by atoms with Gasteiger partial charge in [0.1, 0.15) is 0 Å². The predicted molar refractivity (Wildman–Crippen MR) is 117 cm³/mol. The Bertz CT molecular complexity index is 892. The summed E-state index contributed by atoms with van der Waals surface area (Å²) >= 11 is 0. The van der Waals surface area contributed by atoms with Gasteiger partial charge in [-0.3, -0.25) is 5.10 Å². The minimum absolute atomic E-state index is 0.000524. The summed E-state index contributed by atoms with van der Waals surface area (Å²) in [5.41, 5.74) is 3.35. The van der Waals surface area contributed by atoms with Crippen molar-refractivity contribution in [3.8, 4) is 0 Å². The predicted octanol–water partition coefficient (Wildman–Crippen LogP) is 3.39. The van der Waals surface area contributed by atoms with E-state index in [1.165, 1.54) is 0 Å². The molecule has 0 aliphatic carbocycles. The average molecular weight is 419 g/mol. The lowest BCUT2D eigenvalue weighted by atomic mass is 9.87. The first-order valence-corrected chi connectivity index (χ1v) is 12.0. The van der Waals surface area contributed by atoms with E-state index >= 15 is 0 Å². The summed E-state index contributed by atoms with van der Waals surface area (Å²) < 4.78 is 28.8. The number of aromatic nitrogens is 2. The Morgan fingerprint density at radius 3 is 2.34 bits per heavy atom. The van der Waals surface area contributed by atoms with Gasteiger partial charge in [0.25, 0.3) is 0 Å². The van der Waals surface area contributed by atoms with E-state index in [1.807, 2.05) is 25.3 Å². The zero-order valence-electron chi connectivity index (χ0n) is 18.0. The van der Waals surface area contributed by atoms with Gasteiger partial charge < -0.3 is 5.32 Å². The molecule has 6 nitrogen and oxygen atoms in total. The van der Waals surface area contributed by atoms with Crippen LogP contribution < -0.4 is 5.32 Å². The van der Waals surface area contributed by atoms with Crippen LogP contribution in [0.3, 0.4) is 0 Å². The standard InChI is InChI=1S/C22H34N4O2S/c1-17-18(16-24-25-17)6-5-15-26(20-11-13-23-14-12-20)29(27,28)21-9-7-19(8-10-21)22(2,3)4/h7-10,16,20,23H,5-6,11-15H2,1-4H3,(H,24,25). The van der Waals surface area contributed by atoms with Crippen LogP contribution in [0.15, 0.2) is 35.4 Å². The Balaban J connectivity index is 1.80. The second-order valence-corrected chi connectivity index (χ2v) is 10.9. The van der Waals surface area contributed by atoms with E-state index in [1.54, 1.807) is 16.4 Å². The molecular weight excluding hydrogens is 384 g/mol. The van der Waals surface area contributed by atoms with Crippen molar-refractivity contribution in [2.24, 2.45) is 0 Å². The number of H-pyrrole nitrogens is 1.